The van der Waals surface area contributed by atoms with E-state index >= 15 is 0 Å². The molecule has 3 heterocycles. The van der Waals surface area contributed by atoms with Gasteiger partial charge in [0.15, 0.2) is 15.5 Å². The summed E-state index contributed by atoms with van der Waals surface area (Å²) in [5, 5.41) is 6.52. The maximum absolute atomic E-state index is 14.7. The van der Waals surface area contributed by atoms with E-state index in [0.29, 0.717) is 35.7 Å². The summed E-state index contributed by atoms with van der Waals surface area (Å²) in [5.41, 5.74) is 4.22. The van der Waals surface area contributed by atoms with Crippen LogP contribution in [-0.4, -0.2) is 75.0 Å². The van der Waals surface area contributed by atoms with Crippen molar-refractivity contribution in [1.82, 2.24) is 14.3 Å². The molecule has 1 aliphatic heterocycles. The number of rotatable bonds is 7. The molecule has 2 aromatic heterocycles. The van der Waals surface area contributed by atoms with Crippen molar-refractivity contribution in [1.29, 1.82) is 0 Å². The van der Waals surface area contributed by atoms with Crippen LogP contribution in [0.1, 0.15) is 24.7 Å². The second-order valence-electron chi connectivity index (χ2n) is 9.31. The van der Waals surface area contributed by atoms with Crippen LogP contribution in [0.5, 0.6) is 5.75 Å². The van der Waals surface area contributed by atoms with Gasteiger partial charge in [0.2, 0.25) is 0 Å². The summed E-state index contributed by atoms with van der Waals surface area (Å²) in [7, 11) is 0.0704. The summed E-state index contributed by atoms with van der Waals surface area (Å²) in [4.78, 5) is 6.95. The largest absolute Gasteiger partial charge is 0.495 e. The Bertz CT molecular complexity index is 1490. The summed E-state index contributed by atoms with van der Waals surface area (Å²) >= 11 is 0. The molecule has 0 spiro atoms. The standard InChI is InChI=1S/C27H32FN5O3S/c1-18(2)26-23(8-6-13-29-22-11-10-19(37(5,34)35)16-25(22)36-4)31-27-24(9-7-14-33(26)27)30-21-12-15-32(3)17-20(21)28/h7,9-11,14,16,20-21,29-30H,1,12-13,15,17H2,2-5H3/t20-,21+/m0/s1. The number of pyridine rings is 1. The first-order valence-corrected chi connectivity index (χ1v) is 13.8. The fraction of sp³-hybridized carbons (Fsp3) is 0.370. The highest BCUT2D eigenvalue weighted by molar-refractivity contribution is 7.90. The van der Waals surface area contributed by atoms with Crippen LogP contribution in [0.4, 0.5) is 15.8 Å². The van der Waals surface area contributed by atoms with E-state index in [1.807, 2.05) is 41.6 Å². The third-order valence-corrected chi connectivity index (χ3v) is 7.43. The van der Waals surface area contributed by atoms with Crippen LogP contribution in [0.25, 0.3) is 11.2 Å². The molecular weight excluding hydrogens is 493 g/mol. The number of likely N-dealkylation sites (tertiary alicyclic amines) is 1. The van der Waals surface area contributed by atoms with Gasteiger partial charge in [0, 0.05) is 31.6 Å². The van der Waals surface area contributed by atoms with E-state index in [9.17, 15) is 12.8 Å². The van der Waals surface area contributed by atoms with Crippen LogP contribution in [0.15, 0.2) is 48.0 Å². The molecule has 10 heteroatoms. The fourth-order valence-corrected chi connectivity index (χ4v) is 5.05. The number of sulfone groups is 1. The van der Waals surface area contributed by atoms with E-state index in [2.05, 4.69) is 29.1 Å². The molecule has 1 saturated heterocycles. The van der Waals surface area contributed by atoms with Gasteiger partial charge < -0.3 is 20.3 Å². The van der Waals surface area contributed by atoms with E-state index in [0.717, 1.165) is 29.8 Å². The summed E-state index contributed by atoms with van der Waals surface area (Å²) in [6.07, 6.45) is 2.79. The molecule has 1 aromatic carbocycles. The van der Waals surface area contributed by atoms with Crippen molar-refractivity contribution < 1.29 is 17.5 Å². The maximum atomic E-state index is 14.7. The Labute approximate surface area is 217 Å². The average Bonchev–Trinajstić information content (AvgIpc) is 3.22. The molecule has 2 atom stereocenters. The predicted molar refractivity (Wildman–Crippen MR) is 146 cm³/mol. The van der Waals surface area contributed by atoms with Gasteiger partial charge in [-0.2, -0.15) is 0 Å². The molecule has 2 N–H and O–H groups in total. The molecule has 4 rings (SSSR count). The molecule has 0 amide bonds. The van der Waals surface area contributed by atoms with Crippen molar-refractivity contribution in [2.75, 3.05) is 50.7 Å². The minimum Gasteiger partial charge on any atom is -0.495 e. The van der Waals surface area contributed by atoms with Crippen LogP contribution in [0.3, 0.4) is 0 Å². The Kier molecular flexibility index (Phi) is 7.76. The van der Waals surface area contributed by atoms with E-state index in [1.165, 1.54) is 19.2 Å². The number of nitrogens with one attached hydrogen (secondary N) is 2. The summed E-state index contributed by atoms with van der Waals surface area (Å²) < 4.78 is 45.6. The topological polar surface area (TPSA) is 88.0 Å². The number of imidazole rings is 1. The molecule has 0 aliphatic carbocycles. The number of benzene rings is 1. The van der Waals surface area contributed by atoms with E-state index in [-0.39, 0.29) is 17.5 Å². The van der Waals surface area contributed by atoms with E-state index < -0.39 is 16.0 Å². The molecule has 0 unspecified atom stereocenters. The Morgan fingerprint density at radius 3 is 2.78 bits per heavy atom. The Hall–Kier alpha value is -3.55. The number of methoxy groups -OCH3 is 1. The van der Waals surface area contributed by atoms with Gasteiger partial charge in [0.1, 0.15) is 17.6 Å². The van der Waals surface area contributed by atoms with Crippen molar-refractivity contribution in [2.45, 2.75) is 30.5 Å². The lowest BCUT2D eigenvalue weighted by atomic mass is 10.0. The van der Waals surface area contributed by atoms with Gasteiger partial charge in [-0.15, -0.1) is 0 Å². The molecule has 37 heavy (non-hydrogen) atoms. The third kappa shape index (κ3) is 5.89. The highest BCUT2D eigenvalue weighted by Crippen LogP contribution is 2.28. The van der Waals surface area contributed by atoms with Crippen molar-refractivity contribution in [3.63, 3.8) is 0 Å². The zero-order chi connectivity index (χ0) is 26.7. The number of aromatic nitrogens is 2. The lowest BCUT2D eigenvalue weighted by molar-refractivity contribution is 0.149. The van der Waals surface area contributed by atoms with Gasteiger partial charge in [0.25, 0.3) is 0 Å². The number of allylic oxidation sites excluding steroid dienone is 1. The van der Waals surface area contributed by atoms with Crippen molar-refractivity contribution in [3.05, 3.63) is 54.5 Å². The fourth-order valence-electron chi connectivity index (χ4n) is 4.41. The van der Waals surface area contributed by atoms with Gasteiger partial charge in [-0.05, 0) is 56.2 Å². The number of anilines is 2. The highest BCUT2D eigenvalue weighted by Gasteiger charge is 2.28. The second kappa shape index (κ2) is 10.8. The SMILES string of the molecule is C=C(C)c1c(C#CCNc2ccc(S(C)(=O)=O)cc2OC)nc2c(N[C@@H]3CCN(C)C[C@@H]3F)cccn12. The van der Waals surface area contributed by atoms with Crippen LogP contribution in [-0.2, 0) is 9.84 Å². The normalized spacial score (nSPS) is 18.2. The molecule has 0 bridgehead atoms. The molecule has 1 aliphatic rings. The Morgan fingerprint density at radius 1 is 1.32 bits per heavy atom. The Balaban J connectivity index is 1.57. The first-order valence-electron chi connectivity index (χ1n) is 12.0. The first-order chi connectivity index (χ1) is 17.6. The van der Waals surface area contributed by atoms with Crippen molar-refractivity contribution >= 4 is 32.4 Å². The average molecular weight is 526 g/mol. The number of halogens is 1. The number of ether oxygens (including phenoxy) is 1. The summed E-state index contributed by atoms with van der Waals surface area (Å²) in [6.45, 7) is 7.52. The van der Waals surface area contributed by atoms with Gasteiger partial charge in [0.05, 0.1) is 41.7 Å². The number of hydrogen-bond donors (Lipinski definition) is 2. The lowest BCUT2D eigenvalue weighted by Crippen LogP contribution is -2.46. The minimum atomic E-state index is -3.34. The van der Waals surface area contributed by atoms with Gasteiger partial charge in [-0.1, -0.05) is 12.5 Å². The zero-order valence-electron chi connectivity index (χ0n) is 21.5. The quantitative estimate of drug-likeness (QED) is 0.455. The molecule has 0 saturated carbocycles. The smallest absolute Gasteiger partial charge is 0.175 e. The third-order valence-electron chi connectivity index (χ3n) is 6.31. The van der Waals surface area contributed by atoms with Crippen molar-refractivity contribution in [2.24, 2.45) is 0 Å². The number of alkyl halides is 1. The van der Waals surface area contributed by atoms with Crippen LogP contribution >= 0.6 is 0 Å². The van der Waals surface area contributed by atoms with Crippen LogP contribution in [0.2, 0.25) is 0 Å². The lowest BCUT2D eigenvalue weighted by Gasteiger charge is -2.33. The molecule has 1 fully saturated rings. The van der Waals surface area contributed by atoms with Crippen molar-refractivity contribution in [3.8, 4) is 17.6 Å². The van der Waals surface area contributed by atoms with Gasteiger partial charge in [-0.25, -0.2) is 17.8 Å². The van der Waals surface area contributed by atoms with Gasteiger partial charge in [-0.3, -0.25) is 4.40 Å². The predicted octanol–water partition coefficient (Wildman–Crippen LogP) is 3.70. The van der Waals surface area contributed by atoms with Crippen LogP contribution in [0, 0.1) is 11.8 Å². The minimum absolute atomic E-state index is 0.181. The van der Waals surface area contributed by atoms with E-state index in [4.69, 9.17) is 9.72 Å². The summed E-state index contributed by atoms with van der Waals surface area (Å²) in [5.74, 6) is 6.61. The second-order valence-corrected chi connectivity index (χ2v) is 11.3. The number of fused-ring (bicyclic) bond motifs is 1. The monoisotopic (exact) mass is 525 g/mol. The van der Waals surface area contributed by atoms with Gasteiger partial charge >= 0.3 is 0 Å². The molecule has 8 nitrogen and oxygen atoms in total. The number of piperidine rings is 1. The number of nitrogens with zero attached hydrogens (tertiary/aromatic N) is 3. The van der Waals surface area contributed by atoms with E-state index in [1.54, 1.807) is 6.07 Å². The first kappa shape index (κ1) is 26.5. The summed E-state index contributed by atoms with van der Waals surface area (Å²) in [6, 6.07) is 8.18. The molecule has 3 aromatic rings. The maximum Gasteiger partial charge on any atom is 0.175 e. The molecule has 196 valence electrons. The number of hydrogen-bond acceptors (Lipinski definition) is 7. The zero-order valence-corrected chi connectivity index (χ0v) is 22.3. The Morgan fingerprint density at radius 2 is 2.11 bits per heavy atom. The molecular formula is C27H32FN5O3S. The highest BCUT2D eigenvalue weighted by atomic mass is 32.2. The van der Waals surface area contributed by atoms with Crippen LogP contribution < -0.4 is 15.4 Å². The molecule has 0 radical (unpaired) electrons.